The summed E-state index contributed by atoms with van der Waals surface area (Å²) in [4.78, 5) is 2.56. The number of rotatable bonds is 2. The highest BCUT2D eigenvalue weighted by Gasteiger charge is 2.43. The van der Waals surface area contributed by atoms with Gasteiger partial charge in [0.15, 0.2) is 0 Å². The zero-order chi connectivity index (χ0) is 38.6. The van der Waals surface area contributed by atoms with Crippen LogP contribution in [0.2, 0.25) is 0 Å². The van der Waals surface area contributed by atoms with E-state index < -0.39 is 0 Å². The minimum atomic E-state index is -0.0165. The van der Waals surface area contributed by atoms with Gasteiger partial charge in [-0.2, -0.15) is 0 Å². The number of fused-ring (bicyclic) bond motifs is 4. The Labute approximate surface area is 321 Å². The van der Waals surface area contributed by atoms with Gasteiger partial charge in [-0.05, 0) is 113 Å². The quantitative estimate of drug-likeness (QED) is 0.166. The third-order valence-corrected chi connectivity index (χ3v) is 11.5. The Bertz CT molecular complexity index is 2210. The molecular formula is C50H60BNO. The molecule has 0 spiro atoms. The van der Waals surface area contributed by atoms with Gasteiger partial charge in [0.25, 0.3) is 6.71 Å². The maximum absolute atomic E-state index is 6.83. The molecule has 0 bridgehead atoms. The van der Waals surface area contributed by atoms with Gasteiger partial charge in [-0.25, -0.2) is 0 Å². The van der Waals surface area contributed by atoms with Crippen molar-refractivity contribution in [1.82, 2.24) is 0 Å². The van der Waals surface area contributed by atoms with Crippen LogP contribution < -0.4 is 26.0 Å². The second-order valence-electron chi connectivity index (χ2n) is 20.9. The minimum Gasteiger partial charge on any atom is -0.458 e. The van der Waals surface area contributed by atoms with Crippen molar-refractivity contribution in [2.75, 3.05) is 4.90 Å². The zero-order valence-electron chi connectivity index (χ0n) is 35.1. The van der Waals surface area contributed by atoms with E-state index in [9.17, 15) is 0 Å². The summed E-state index contributed by atoms with van der Waals surface area (Å²) in [6.45, 7) is 34.9. The zero-order valence-corrected chi connectivity index (χ0v) is 35.1. The van der Waals surface area contributed by atoms with E-state index in [0.29, 0.717) is 0 Å². The molecule has 5 aromatic carbocycles. The lowest BCUT2D eigenvalue weighted by Crippen LogP contribution is -2.59. The summed E-state index contributed by atoms with van der Waals surface area (Å²) < 4.78 is 6.83. The number of hydrogen-bond acceptors (Lipinski definition) is 2. The van der Waals surface area contributed by atoms with E-state index in [1.807, 2.05) is 0 Å². The lowest BCUT2D eigenvalue weighted by Gasteiger charge is -2.42. The van der Waals surface area contributed by atoms with Crippen LogP contribution in [0.4, 0.5) is 17.1 Å². The van der Waals surface area contributed by atoms with Crippen molar-refractivity contribution in [3.63, 3.8) is 0 Å². The summed E-state index contributed by atoms with van der Waals surface area (Å²) in [7, 11) is 0. The maximum atomic E-state index is 6.83. The maximum Gasteiger partial charge on any atom is 0.256 e. The van der Waals surface area contributed by atoms with Crippen molar-refractivity contribution < 1.29 is 4.74 Å². The topological polar surface area (TPSA) is 12.5 Å². The monoisotopic (exact) mass is 701 g/mol. The van der Waals surface area contributed by atoms with E-state index in [1.54, 1.807) is 0 Å². The first-order chi connectivity index (χ1) is 24.4. The lowest BCUT2D eigenvalue weighted by molar-refractivity contribution is 0.486. The van der Waals surface area contributed by atoms with E-state index in [0.717, 1.165) is 11.5 Å². The molecule has 2 aliphatic heterocycles. The largest absolute Gasteiger partial charge is 0.458 e. The molecule has 274 valence electrons. The molecule has 0 radical (unpaired) electrons. The van der Waals surface area contributed by atoms with Crippen LogP contribution in [0, 0.1) is 0 Å². The average Bonchev–Trinajstić information content (AvgIpc) is 3.05. The SMILES string of the molecule is CC(C)(C)c1cc(-c2cc(C(C)(C)C)ccc2N2c3cc(C(C)(C)C)ccc3B3c4cc(C(C)(C)C)ccc4Oc4cccc2c43)cc(C(C)(C)C)c1. The molecular weight excluding hydrogens is 641 g/mol. The molecule has 0 saturated carbocycles. The molecule has 5 aromatic rings. The first kappa shape index (κ1) is 37.1. The van der Waals surface area contributed by atoms with Gasteiger partial charge in [0.05, 0.1) is 5.69 Å². The average molecular weight is 702 g/mol. The molecule has 0 aliphatic carbocycles. The summed E-state index contributed by atoms with van der Waals surface area (Å²) in [5.74, 6) is 1.90. The summed E-state index contributed by atoms with van der Waals surface area (Å²) in [5.41, 5.74) is 16.6. The van der Waals surface area contributed by atoms with Crippen LogP contribution in [-0.2, 0) is 27.1 Å². The fraction of sp³-hybridized carbons (Fsp3) is 0.400. The van der Waals surface area contributed by atoms with Crippen molar-refractivity contribution in [3.8, 4) is 22.6 Å². The molecule has 0 atom stereocenters. The van der Waals surface area contributed by atoms with Gasteiger partial charge in [-0.15, -0.1) is 0 Å². The van der Waals surface area contributed by atoms with Crippen LogP contribution in [-0.4, -0.2) is 6.71 Å². The molecule has 0 unspecified atom stereocenters. The van der Waals surface area contributed by atoms with E-state index in [-0.39, 0.29) is 33.8 Å². The third-order valence-electron chi connectivity index (χ3n) is 11.5. The fourth-order valence-corrected chi connectivity index (χ4v) is 7.95. The van der Waals surface area contributed by atoms with Crippen molar-refractivity contribution in [3.05, 3.63) is 119 Å². The summed E-state index contributed by atoms with van der Waals surface area (Å²) >= 11 is 0. The smallest absolute Gasteiger partial charge is 0.256 e. The number of benzene rings is 5. The fourth-order valence-electron chi connectivity index (χ4n) is 7.95. The summed E-state index contributed by atoms with van der Waals surface area (Å²) in [6, 6.07) is 35.3. The van der Waals surface area contributed by atoms with Crippen LogP contribution in [0.3, 0.4) is 0 Å². The Morgan fingerprint density at radius 3 is 1.53 bits per heavy atom. The first-order valence-corrected chi connectivity index (χ1v) is 19.6. The molecule has 0 amide bonds. The first-order valence-electron chi connectivity index (χ1n) is 19.6. The van der Waals surface area contributed by atoms with Crippen molar-refractivity contribution in [2.45, 2.75) is 131 Å². The molecule has 53 heavy (non-hydrogen) atoms. The lowest BCUT2D eigenvalue weighted by atomic mass is 9.34. The Kier molecular flexibility index (Phi) is 8.50. The second-order valence-corrected chi connectivity index (χ2v) is 20.9. The van der Waals surface area contributed by atoms with Crippen LogP contribution in [0.5, 0.6) is 11.5 Å². The molecule has 7 rings (SSSR count). The highest BCUT2D eigenvalue weighted by molar-refractivity contribution is 6.99. The van der Waals surface area contributed by atoms with E-state index in [4.69, 9.17) is 4.74 Å². The molecule has 2 heterocycles. The van der Waals surface area contributed by atoms with Gasteiger partial charge in [-0.1, -0.05) is 158 Å². The van der Waals surface area contributed by atoms with Crippen LogP contribution >= 0.6 is 0 Å². The molecule has 2 nitrogen and oxygen atoms in total. The van der Waals surface area contributed by atoms with Gasteiger partial charge in [0, 0.05) is 16.9 Å². The van der Waals surface area contributed by atoms with Crippen LogP contribution in [0.15, 0.2) is 91.0 Å². The van der Waals surface area contributed by atoms with Gasteiger partial charge < -0.3 is 9.64 Å². The molecule has 0 saturated heterocycles. The minimum absolute atomic E-state index is 0.000489. The van der Waals surface area contributed by atoms with Crippen LogP contribution in [0.1, 0.15) is 132 Å². The van der Waals surface area contributed by atoms with E-state index in [2.05, 4.69) is 200 Å². The number of hydrogen-bond donors (Lipinski definition) is 0. The summed E-state index contributed by atoms with van der Waals surface area (Å²) in [6.07, 6.45) is 0. The van der Waals surface area contributed by atoms with Gasteiger partial charge in [0.1, 0.15) is 11.5 Å². The molecule has 0 N–H and O–H groups in total. The van der Waals surface area contributed by atoms with Crippen molar-refractivity contribution in [1.29, 1.82) is 0 Å². The Hall–Kier alpha value is -4.24. The Balaban J connectivity index is 1.58. The molecule has 3 heteroatoms. The highest BCUT2D eigenvalue weighted by atomic mass is 16.5. The molecule has 0 aromatic heterocycles. The Morgan fingerprint density at radius 1 is 0.415 bits per heavy atom. The number of anilines is 3. The highest BCUT2D eigenvalue weighted by Crippen LogP contribution is 2.47. The number of ether oxygens (including phenoxy) is 1. The molecule has 0 fully saturated rings. The van der Waals surface area contributed by atoms with E-state index in [1.165, 1.54) is 72.4 Å². The van der Waals surface area contributed by atoms with Gasteiger partial charge in [0.2, 0.25) is 0 Å². The van der Waals surface area contributed by atoms with E-state index >= 15 is 0 Å². The second kappa shape index (κ2) is 12.1. The standard InChI is InChI=1S/C50H60BNO/c1-46(2,3)32-20-23-40(37(28-32)31-25-35(49(10,11)12)27-36(26-31)50(13,14)15)52-41-17-16-18-44-45(41)51(38-22-19-34(30-42(38)52)48(7,8)9)39-29-33(47(4,5)6)21-24-43(39)53-44/h16-30H,1-15H3. The molecule has 2 aliphatic rings. The Morgan fingerprint density at radius 2 is 0.943 bits per heavy atom. The third kappa shape index (κ3) is 6.64. The predicted molar refractivity (Wildman–Crippen MR) is 231 cm³/mol. The van der Waals surface area contributed by atoms with Crippen molar-refractivity contribution in [2.24, 2.45) is 0 Å². The van der Waals surface area contributed by atoms with Gasteiger partial charge in [-0.3, -0.25) is 0 Å². The van der Waals surface area contributed by atoms with Crippen LogP contribution in [0.25, 0.3) is 11.1 Å². The van der Waals surface area contributed by atoms with Crippen molar-refractivity contribution >= 4 is 40.2 Å². The normalized spacial score (nSPS) is 14.4. The number of nitrogens with zero attached hydrogens (tertiary/aromatic N) is 1. The predicted octanol–water partition coefficient (Wildman–Crippen LogP) is 12.2. The summed E-state index contributed by atoms with van der Waals surface area (Å²) in [5, 5.41) is 0. The van der Waals surface area contributed by atoms with Gasteiger partial charge >= 0.3 is 0 Å².